The third-order valence-corrected chi connectivity index (χ3v) is 4.81. The molecule has 1 aliphatic carbocycles. The summed E-state index contributed by atoms with van der Waals surface area (Å²) < 4.78 is 13.2. The molecule has 0 aliphatic heterocycles. The van der Waals surface area contributed by atoms with Gasteiger partial charge in [-0.25, -0.2) is 14.4 Å². The summed E-state index contributed by atoms with van der Waals surface area (Å²) in [4.78, 5) is 8.98. The third-order valence-electron chi connectivity index (χ3n) is 4.81. The number of aliphatic hydroxyl groups is 1. The molecule has 0 amide bonds. The Labute approximate surface area is 156 Å². The monoisotopic (exact) mass is 359 g/mol. The highest BCUT2D eigenvalue weighted by Gasteiger charge is 2.18. The molecule has 1 aromatic rings. The summed E-state index contributed by atoms with van der Waals surface area (Å²) >= 11 is 0. The van der Waals surface area contributed by atoms with E-state index in [-0.39, 0.29) is 5.83 Å². The Kier molecular flexibility index (Phi) is 7.98. The molecule has 1 aromatic heterocycles. The molecule has 0 saturated heterocycles. The van der Waals surface area contributed by atoms with Gasteiger partial charge in [0.05, 0.1) is 17.6 Å². The highest BCUT2D eigenvalue weighted by Crippen LogP contribution is 2.28. The first-order valence-electron chi connectivity index (χ1n) is 9.53. The second kappa shape index (κ2) is 10.2. The van der Waals surface area contributed by atoms with Crippen molar-refractivity contribution in [2.24, 2.45) is 5.92 Å². The summed E-state index contributed by atoms with van der Waals surface area (Å²) in [5.74, 6) is 0.866. The van der Waals surface area contributed by atoms with Gasteiger partial charge in [0.1, 0.15) is 17.9 Å². The number of nitrogens with one attached hydrogen (secondary N) is 1. The zero-order valence-corrected chi connectivity index (χ0v) is 15.8. The van der Waals surface area contributed by atoms with Gasteiger partial charge in [-0.1, -0.05) is 57.8 Å². The normalized spacial score (nSPS) is 17.5. The lowest BCUT2D eigenvalue weighted by Gasteiger charge is -2.25. The molecule has 1 atom stereocenters. The van der Waals surface area contributed by atoms with Gasteiger partial charge in [0.15, 0.2) is 0 Å². The van der Waals surface area contributed by atoms with Crippen LogP contribution in [0.5, 0.6) is 0 Å². The van der Waals surface area contributed by atoms with Gasteiger partial charge >= 0.3 is 0 Å². The van der Waals surface area contributed by atoms with E-state index < -0.39 is 6.23 Å². The molecule has 0 radical (unpaired) electrons. The predicted molar refractivity (Wildman–Crippen MR) is 105 cm³/mol. The molecular weight excluding hydrogens is 329 g/mol. The van der Waals surface area contributed by atoms with Crippen LogP contribution < -0.4 is 5.32 Å². The van der Waals surface area contributed by atoms with Gasteiger partial charge in [-0.05, 0) is 37.3 Å². The van der Waals surface area contributed by atoms with Crippen LogP contribution in [0.4, 0.5) is 10.2 Å². The van der Waals surface area contributed by atoms with Crippen molar-refractivity contribution in [2.75, 3.05) is 5.32 Å². The van der Waals surface area contributed by atoms with E-state index >= 15 is 0 Å². The lowest BCUT2D eigenvalue weighted by Crippen LogP contribution is -2.25. The lowest BCUT2D eigenvalue weighted by molar-refractivity contribution is 0.153. The molecule has 26 heavy (non-hydrogen) atoms. The minimum absolute atomic E-state index is 0.320. The molecule has 5 heteroatoms. The summed E-state index contributed by atoms with van der Waals surface area (Å²) in [5, 5.41) is 13.5. The fraction of sp³-hybridized carbons (Fsp3) is 0.524. The van der Waals surface area contributed by atoms with E-state index in [0.29, 0.717) is 29.4 Å². The first-order valence-corrected chi connectivity index (χ1v) is 9.53. The molecular formula is C21H30FN3O. The first kappa shape index (κ1) is 20.3. The van der Waals surface area contributed by atoms with Gasteiger partial charge in [-0.3, -0.25) is 0 Å². The summed E-state index contributed by atoms with van der Waals surface area (Å²) in [6.45, 7) is 7.55. The largest absolute Gasteiger partial charge is 0.374 e. The molecule has 1 saturated carbocycles. The van der Waals surface area contributed by atoms with Crippen molar-refractivity contribution in [1.29, 1.82) is 0 Å². The Morgan fingerprint density at radius 3 is 2.77 bits per heavy atom. The number of halogens is 1. The summed E-state index contributed by atoms with van der Waals surface area (Å²) in [6.07, 6.45) is 13.0. The molecule has 4 nitrogen and oxygen atoms in total. The van der Waals surface area contributed by atoms with Crippen molar-refractivity contribution in [2.45, 2.75) is 65.0 Å². The fourth-order valence-corrected chi connectivity index (χ4v) is 3.27. The number of allylic oxidation sites excluding steroid dienone is 5. The van der Waals surface area contributed by atoms with E-state index in [9.17, 15) is 9.50 Å². The third kappa shape index (κ3) is 6.06. The molecule has 1 unspecified atom stereocenters. The summed E-state index contributed by atoms with van der Waals surface area (Å²) in [7, 11) is 0. The van der Waals surface area contributed by atoms with Crippen molar-refractivity contribution >= 4 is 11.4 Å². The predicted octanol–water partition coefficient (Wildman–Crippen LogP) is 5.18. The van der Waals surface area contributed by atoms with Crippen LogP contribution in [0.3, 0.4) is 0 Å². The Balaban J connectivity index is 2.03. The van der Waals surface area contributed by atoms with Gasteiger partial charge in [0.2, 0.25) is 0 Å². The van der Waals surface area contributed by atoms with Crippen molar-refractivity contribution in [3.63, 3.8) is 0 Å². The topological polar surface area (TPSA) is 58.0 Å². The Morgan fingerprint density at radius 1 is 1.38 bits per heavy atom. The molecule has 0 spiro atoms. The lowest BCUT2D eigenvalue weighted by atomic mass is 9.86. The van der Waals surface area contributed by atoms with E-state index in [1.54, 1.807) is 19.2 Å². The van der Waals surface area contributed by atoms with Crippen molar-refractivity contribution in [1.82, 2.24) is 9.97 Å². The van der Waals surface area contributed by atoms with Crippen LogP contribution in [-0.2, 0) is 6.42 Å². The Morgan fingerprint density at radius 2 is 2.12 bits per heavy atom. The Hall–Kier alpha value is -2.01. The number of nitrogens with zero attached hydrogens (tertiary/aromatic N) is 2. The maximum Gasteiger partial charge on any atom is 0.149 e. The van der Waals surface area contributed by atoms with E-state index in [2.05, 4.69) is 21.9 Å². The molecule has 2 N–H and O–H groups in total. The standard InChI is InChI=1S/C21H30FN3O/c1-4-17(22)12-11-15(3)19-14-23-21(18(5-2)24-19)25-20(26)13-16-9-7-6-8-10-16/h4,11-12,14,16,20,26H,3,5-10,13H2,1-2H3,(H,23,25)/b12-11-,17-4+. The molecule has 0 bridgehead atoms. The van der Waals surface area contributed by atoms with E-state index in [1.807, 2.05) is 6.92 Å². The van der Waals surface area contributed by atoms with Gasteiger partial charge in [0, 0.05) is 0 Å². The number of aliphatic hydroxyl groups excluding tert-OH is 1. The second-order valence-electron chi connectivity index (χ2n) is 6.84. The van der Waals surface area contributed by atoms with E-state index in [0.717, 1.165) is 12.1 Å². The zero-order valence-electron chi connectivity index (χ0n) is 15.8. The first-order chi connectivity index (χ1) is 12.5. The number of aryl methyl sites for hydroxylation is 1. The molecule has 1 heterocycles. The molecule has 2 rings (SSSR count). The second-order valence-corrected chi connectivity index (χ2v) is 6.84. The van der Waals surface area contributed by atoms with Crippen LogP contribution in [-0.4, -0.2) is 21.3 Å². The number of hydrogen-bond donors (Lipinski definition) is 2. The maximum atomic E-state index is 13.2. The highest BCUT2D eigenvalue weighted by atomic mass is 19.1. The molecule has 1 aliphatic rings. The van der Waals surface area contributed by atoms with Crippen molar-refractivity contribution in [3.8, 4) is 0 Å². The number of hydrogen-bond acceptors (Lipinski definition) is 4. The molecule has 1 fully saturated rings. The van der Waals surface area contributed by atoms with Crippen LogP contribution in [0, 0.1) is 5.92 Å². The van der Waals surface area contributed by atoms with Crippen LogP contribution in [0.15, 0.2) is 36.8 Å². The molecule has 0 aromatic carbocycles. The van der Waals surface area contributed by atoms with E-state index in [1.165, 1.54) is 44.3 Å². The Bertz CT molecular complexity index is 663. The van der Waals surface area contributed by atoms with E-state index in [4.69, 9.17) is 0 Å². The average Bonchev–Trinajstić information content (AvgIpc) is 2.66. The summed E-state index contributed by atoms with van der Waals surface area (Å²) in [6, 6.07) is 0. The average molecular weight is 359 g/mol. The van der Waals surface area contributed by atoms with Crippen molar-refractivity contribution < 1.29 is 9.50 Å². The number of anilines is 1. The van der Waals surface area contributed by atoms with Crippen LogP contribution in [0.1, 0.15) is 63.8 Å². The van der Waals surface area contributed by atoms with Crippen LogP contribution >= 0.6 is 0 Å². The van der Waals surface area contributed by atoms with Gasteiger partial charge in [0.25, 0.3) is 0 Å². The van der Waals surface area contributed by atoms with Gasteiger partial charge in [-0.15, -0.1) is 0 Å². The number of aromatic nitrogens is 2. The SMILES string of the molecule is C=C(/C=C\C(F)=C/C)c1cnc(NC(O)CC2CCCCC2)c(CC)n1. The maximum absolute atomic E-state index is 13.2. The van der Waals surface area contributed by atoms with Gasteiger partial charge in [-0.2, -0.15) is 0 Å². The summed E-state index contributed by atoms with van der Waals surface area (Å²) in [5.41, 5.74) is 1.97. The van der Waals surface area contributed by atoms with Gasteiger partial charge < -0.3 is 10.4 Å². The van der Waals surface area contributed by atoms with Crippen molar-refractivity contribution in [3.05, 3.63) is 48.2 Å². The quantitative estimate of drug-likeness (QED) is 0.496. The van der Waals surface area contributed by atoms with Crippen LogP contribution in [0.2, 0.25) is 0 Å². The molecule has 142 valence electrons. The smallest absolute Gasteiger partial charge is 0.149 e. The van der Waals surface area contributed by atoms with Crippen LogP contribution in [0.25, 0.3) is 5.57 Å². The minimum atomic E-state index is -0.615. The zero-order chi connectivity index (χ0) is 18.9. The number of rotatable bonds is 8. The minimum Gasteiger partial charge on any atom is -0.374 e. The fourth-order valence-electron chi connectivity index (χ4n) is 3.27. The highest BCUT2D eigenvalue weighted by molar-refractivity contribution is 5.70.